The van der Waals surface area contributed by atoms with Crippen LogP contribution in [0.3, 0.4) is 0 Å². The van der Waals surface area contributed by atoms with Gasteiger partial charge in [-0.1, -0.05) is 24.3 Å². The number of ether oxygens (including phenoxy) is 1. The number of nitrogens with zero attached hydrogens (tertiary/aromatic N) is 3. The third kappa shape index (κ3) is 3.94. The van der Waals surface area contributed by atoms with E-state index in [2.05, 4.69) is 15.3 Å². The number of likely N-dealkylation sites (tertiary alicyclic amines) is 1. The van der Waals surface area contributed by atoms with Crippen LogP contribution in [-0.2, 0) is 11.3 Å². The Kier molecular flexibility index (Phi) is 5.16. The van der Waals surface area contributed by atoms with Crippen molar-refractivity contribution in [1.29, 1.82) is 0 Å². The Labute approximate surface area is 162 Å². The summed E-state index contributed by atoms with van der Waals surface area (Å²) in [4.78, 5) is 23.3. The molecule has 144 valence electrons. The number of esters is 1. The molecule has 1 aliphatic rings. The summed E-state index contributed by atoms with van der Waals surface area (Å²) in [6, 6.07) is 13.5. The van der Waals surface area contributed by atoms with Gasteiger partial charge in [-0.3, -0.25) is 4.90 Å². The van der Waals surface area contributed by atoms with E-state index in [1.165, 1.54) is 12.1 Å². The molecule has 28 heavy (non-hydrogen) atoms. The van der Waals surface area contributed by atoms with Gasteiger partial charge >= 0.3 is 12.0 Å². The highest BCUT2D eigenvalue weighted by Crippen LogP contribution is 2.24. The number of anilines is 1. The maximum Gasteiger partial charge on any atom is 0.331 e. The van der Waals surface area contributed by atoms with Crippen molar-refractivity contribution in [3.63, 3.8) is 0 Å². The van der Waals surface area contributed by atoms with Crippen molar-refractivity contribution in [1.82, 2.24) is 14.9 Å². The molecule has 6 nitrogen and oxygen atoms in total. The lowest BCUT2D eigenvalue weighted by atomic mass is 10.2. The molecule has 1 aliphatic heterocycles. The van der Waals surface area contributed by atoms with E-state index >= 15 is 0 Å². The van der Waals surface area contributed by atoms with Crippen LogP contribution in [0.4, 0.5) is 10.2 Å². The van der Waals surface area contributed by atoms with Crippen molar-refractivity contribution in [3.05, 3.63) is 59.9 Å². The number of aromatic nitrogens is 2. The number of hydrogen-bond donors (Lipinski definition) is 1. The first-order valence-corrected chi connectivity index (χ1v) is 9.27. The number of para-hydroxylation sites is 1. The standard InChI is InChI=1S/C21H21FN4O2/c1-26-12-4-7-18(26)20(27)28-21-24-17-6-3-2-5-16(17)19(25-21)23-13-14-8-10-15(22)11-9-14/h2-3,5-6,8-11,18H,4,7,12-13H2,1H3,(H,23,24,25)/t18-/m0/s1. The lowest BCUT2D eigenvalue weighted by Crippen LogP contribution is -2.36. The fourth-order valence-corrected chi connectivity index (χ4v) is 3.39. The van der Waals surface area contributed by atoms with E-state index in [9.17, 15) is 9.18 Å². The maximum atomic E-state index is 13.1. The van der Waals surface area contributed by atoms with Gasteiger partial charge in [-0.25, -0.2) is 9.18 Å². The Morgan fingerprint density at radius 3 is 2.75 bits per heavy atom. The van der Waals surface area contributed by atoms with E-state index < -0.39 is 0 Å². The Bertz CT molecular complexity index is 993. The van der Waals surface area contributed by atoms with Crippen LogP contribution in [0.2, 0.25) is 0 Å². The summed E-state index contributed by atoms with van der Waals surface area (Å²) in [5.41, 5.74) is 1.59. The fourth-order valence-electron chi connectivity index (χ4n) is 3.39. The van der Waals surface area contributed by atoms with Crippen molar-refractivity contribution in [2.45, 2.75) is 25.4 Å². The molecule has 3 aromatic rings. The molecular formula is C21H21FN4O2. The van der Waals surface area contributed by atoms with Gasteiger partial charge in [-0.05, 0) is 56.3 Å². The molecule has 1 saturated heterocycles. The van der Waals surface area contributed by atoms with Crippen LogP contribution in [0, 0.1) is 5.82 Å². The molecule has 1 atom stereocenters. The van der Waals surface area contributed by atoms with Crippen LogP contribution in [0.1, 0.15) is 18.4 Å². The van der Waals surface area contributed by atoms with E-state index in [-0.39, 0.29) is 23.8 Å². The highest BCUT2D eigenvalue weighted by molar-refractivity contribution is 5.89. The molecular weight excluding hydrogens is 359 g/mol. The molecule has 2 aromatic carbocycles. The van der Waals surface area contributed by atoms with E-state index in [1.807, 2.05) is 36.2 Å². The largest absolute Gasteiger partial charge is 0.390 e. The van der Waals surface area contributed by atoms with Crippen LogP contribution >= 0.6 is 0 Å². The molecule has 1 N–H and O–H groups in total. The minimum Gasteiger partial charge on any atom is -0.390 e. The van der Waals surface area contributed by atoms with Crippen LogP contribution in [0.15, 0.2) is 48.5 Å². The first-order chi connectivity index (χ1) is 13.6. The first kappa shape index (κ1) is 18.3. The lowest BCUT2D eigenvalue weighted by Gasteiger charge is -2.17. The highest BCUT2D eigenvalue weighted by atomic mass is 19.1. The lowest BCUT2D eigenvalue weighted by molar-refractivity contribution is -0.139. The van der Waals surface area contributed by atoms with Gasteiger partial charge in [-0.2, -0.15) is 9.97 Å². The SMILES string of the molecule is CN1CCC[C@H]1C(=O)Oc1nc(NCc2ccc(F)cc2)c2ccccc2n1. The van der Waals surface area contributed by atoms with Crippen LogP contribution in [0.25, 0.3) is 10.9 Å². The Morgan fingerprint density at radius 1 is 1.21 bits per heavy atom. The topological polar surface area (TPSA) is 67.4 Å². The van der Waals surface area contributed by atoms with Gasteiger partial charge in [0.15, 0.2) is 0 Å². The van der Waals surface area contributed by atoms with Crippen molar-refractivity contribution in [3.8, 4) is 6.01 Å². The summed E-state index contributed by atoms with van der Waals surface area (Å²) < 4.78 is 18.6. The number of halogens is 1. The molecule has 2 heterocycles. The van der Waals surface area contributed by atoms with Gasteiger partial charge in [-0.15, -0.1) is 0 Å². The number of rotatable bonds is 5. The van der Waals surface area contributed by atoms with E-state index in [0.29, 0.717) is 17.9 Å². The maximum absolute atomic E-state index is 13.1. The molecule has 1 fully saturated rings. The zero-order chi connectivity index (χ0) is 19.5. The Hall–Kier alpha value is -3.06. The summed E-state index contributed by atoms with van der Waals surface area (Å²) in [6.07, 6.45) is 1.75. The zero-order valence-corrected chi connectivity index (χ0v) is 15.6. The van der Waals surface area contributed by atoms with Crippen LogP contribution in [0.5, 0.6) is 6.01 Å². The van der Waals surface area contributed by atoms with E-state index in [1.54, 1.807) is 12.1 Å². The van der Waals surface area contributed by atoms with Crippen molar-refractivity contribution < 1.29 is 13.9 Å². The van der Waals surface area contributed by atoms with Gasteiger partial charge in [0.2, 0.25) is 0 Å². The van der Waals surface area contributed by atoms with Crippen molar-refractivity contribution in [2.75, 3.05) is 18.9 Å². The van der Waals surface area contributed by atoms with Gasteiger partial charge < -0.3 is 10.1 Å². The average Bonchev–Trinajstić information content (AvgIpc) is 3.13. The molecule has 0 saturated carbocycles. The molecule has 0 unspecified atom stereocenters. The number of likely N-dealkylation sites (N-methyl/N-ethyl adjacent to an activating group) is 1. The molecule has 0 radical (unpaired) electrons. The minimum absolute atomic E-state index is 0.0330. The third-order valence-corrected chi connectivity index (χ3v) is 4.94. The summed E-state index contributed by atoms with van der Waals surface area (Å²) >= 11 is 0. The number of nitrogens with one attached hydrogen (secondary N) is 1. The molecule has 7 heteroatoms. The summed E-state index contributed by atoms with van der Waals surface area (Å²) in [6.45, 7) is 1.34. The number of benzene rings is 2. The fraction of sp³-hybridized carbons (Fsp3) is 0.286. The zero-order valence-electron chi connectivity index (χ0n) is 15.6. The normalized spacial score (nSPS) is 17.0. The second kappa shape index (κ2) is 7.90. The monoisotopic (exact) mass is 380 g/mol. The van der Waals surface area contributed by atoms with E-state index in [4.69, 9.17) is 4.74 Å². The third-order valence-electron chi connectivity index (χ3n) is 4.94. The summed E-state index contributed by atoms with van der Waals surface area (Å²) in [5.74, 6) is -0.0421. The molecule has 4 rings (SSSR count). The Balaban J connectivity index is 1.58. The molecule has 1 aromatic heterocycles. The van der Waals surface area contributed by atoms with E-state index in [0.717, 1.165) is 30.3 Å². The van der Waals surface area contributed by atoms with Crippen molar-refractivity contribution in [2.24, 2.45) is 0 Å². The highest BCUT2D eigenvalue weighted by Gasteiger charge is 2.30. The van der Waals surface area contributed by atoms with Gasteiger partial charge in [0.1, 0.15) is 17.7 Å². The molecule has 0 bridgehead atoms. The average molecular weight is 380 g/mol. The van der Waals surface area contributed by atoms with Crippen LogP contribution in [-0.4, -0.2) is 40.5 Å². The molecule has 0 aliphatic carbocycles. The van der Waals surface area contributed by atoms with Crippen LogP contribution < -0.4 is 10.1 Å². The summed E-state index contributed by atoms with van der Waals surface area (Å²) in [5, 5.41) is 4.06. The summed E-state index contributed by atoms with van der Waals surface area (Å²) in [7, 11) is 1.91. The smallest absolute Gasteiger partial charge is 0.331 e. The quantitative estimate of drug-likeness (QED) is 0.685. The molecule has 0 amide bonds. The number of hydrogen-bond acceptors (Lipinski definition) is 6. The second-order valence-corrected chi connectivity index (χ2v) is 6.91. The molecule has 0 spiro atoms. The first-order valence-electron chi connectivity index (χ1n) is 9.27. The van der Waals surface area contributed by atoms with Gasteiger partial charge in [0, 0.05) is 11.9 Å². The predicted molar refractivity (Wildman–Crippen MR) is 105 cm³/mol. The predicted octanol–water partition coefficient (Wildman–Crippen LogP) is 3.38. The second-order valence-electron chi connectivity index (χ2n) is 6.91. The number of carbonyl (C=O) groups excluding carboxylic acids is 1. The number of fused-ring (bicyclic) bond motifs is 1. The Morgan fingerprint density at radius 2 is 2.00 bits per heavy atom. The number of carbonyl (C=O) groups is 1. The van der Waals surface area contributed by atoms with Gasteiger partial charge in [0.25, 0.3) is 0 Å². The van der Waals surface area contributed by atoms with Crippen molar-refractivity contribution >= 4 is 22.7 Å². The minimum atomic E-state index is -0.334. The van der Waals surface area contributed by atoms with Gasteiger partial charge in [0.05, 0.1) is 5.52 Å².